The van der Waals surface area contributed by atoms with Crippen LogP contribution in [0.2, 0.25) is 0 Å². The lowest BCUT2D eigenvalue weighted by molar-refractivity contribution is -0.174. The van der Waals surface area contributed by atoms with E-state index in [4.69, 9.17) is 15.2 Å². The second kappa shape index (κ2) is 13.1. The molecule has 2 aromatic carbocycles. The number of benzene rings is 2. The third kappa shape index (κ3) is 8.60. The molecule has 2 aliphatic rings. The first-order valence-corrected chi connectivity index (χ1v) is 14.4. The van der Waals surface area contributed by atoms with Crippen LogP contribution in [0.5, 0.6) is 0 Å². The van der Waals surface area contributed by atoms with Gasteiger partial charge in [0.25, 0.3) is 0 Å². The van der Waals surface area contributed by atoms with Gasteiger partial charge in [-0.25, -0.2) is 4.79 Å². The molecule has 1 amide bonds. The van der Waals surface area contributed by atoms with E-state index in [9.17, 15) is 14.9 Å². The fourth-order valence-electron chi connectivity index (χ4n) is 5.17. The molecule has 220 valence electrons. The summed E-state index contributed by atoms with van der Waals surface area (Å²) in [6.45, 7) is 10.8. The number of carbonyl (C=O) groups excluding carboxylic acids is 2. The topological polar surface area (TPSA) is 121 Å². The number of nitriles is 1. The lowest BCUT2D eigenvalue weighted by atomic mass is 9.86. The van der Waals surface area contributed by atoms with Crippen LogP contribution in [-0.2, 0) is 32.0 Å². The molecule has 2 heterocycles. The maximum atomic E-state index is 13.1. The molecular weight excluding hydrogens is 518 g/mol. The highest BCUT2D eigenvalue weighted by atomic mass is 16.6. The fraction of sp³-hybridized carbons (Fsp3) is 0.531. The Hall–Kier alpha value is -3.29. The van der Waals surface area contributed by atoms with Crippen LogP contribution in [0.4, 0.5) is 0 Å². The standard InChI is InChI=1S/C32H43N5O4/c1-31(2,3)41-29(38)28-20-32(34,13-18-40-28)30(39)35-27(21-33)19-23-5-9-25(10-6-23)26-11-7-24(8-12-26)22-37-16-14-36(4)15-17-37/h5-12,27-28H,13-20,22,34H2,1-4H3,(H,35,39)/t27?,28-,32?/m0/s1. The number of likely N-dealkylation sites (N-methyl/N-ethyl adjacent to an activating group) is 1. The number of carbonyl (C=O) groups is 2. The smallest absolute Gasteiger partial charge is 0.335 e. The number of nitrogens with zero attached hydrogens (tertiary/aromatic N) is 3. The number of hydrogen-bond donors (Lipinski definition) is 2. The van der Waals surface area contributed by atoms with Crippen LogP contribution in [0, 0.1) is 11.3 Å². The maximum absolute atomic E-state index is 13.1. The Bertz CT molecular complexity index is 1230. The van der Waals surface area contributed by atoms with Gasteiger partial charge in [0.05, 0.1) is 12.7 Å². The number of piperazine rings is 1. The summed E-state index contributed by atoms with van der Waals surface area (Å²) >= 11 is 0. The van der Waals surface area contributed by atoms with Gasteiger partial charge in [0, 0.05) is 45.6 Å². The summed E-state index contributed by atoms with van der Waals surface area (Å²) in [5, 5.41) is 12.5. The van der Waals surface area contributed by atoms with Crippen molar-refractivity contribution in [3.8, 4) is 17.2 Å². The van der Waals surface area contributed by atoms with Crippen molar-refractivity contribution in [2.24, 2.45) is 5.73 Å². The summed E-state index contributed by atoms with van der Waals surface area (Å²) in [5.41, 5.74) is 8.89. The first-order valence-electron chi connectivity index (χ1n) is 14.4. The molecule has 41 heavy (non-hydrogen) atoms. The minimum atomic E-state index is -1.32. The van der Waals surface area contributed by atoms with E-state index in [2.05, 4.69) is 52.5 Å². The summed E-state index contributed by atoms with van der Waals surface area (Å²) in [7, 11) is 2.17. The number of rotatable bonds is 8. The Balaban J connectivity index is 1.31. The molecular formula is C32H43N5O4. The number of nitrogens with two attached hydrogens (primary N) is 1. The molecule has 2 aromatic rings. The zero-order chi connectivity index (χ0) is 29.6. The van der Waals surface area contributed by atoms with Crippen molar-refractivity contribution in [2.75, 3.05) is 39.8 Å². The van der Waals surface area contributed by atoms with Gasteiger partial charge in [-0.3, -0.25) is 9.69 Å². The maximum Gasteiger partial charge on any atom is 0.335 e. The van der Waals surface area contributed by atoms with Crippen LogP contribution >= 0.6 is 0 Å². The number of nitrogens with one attached hydrogen (secondary N) is 1. The van der Waals surface area contributed by atoms with Gasteiger partial charge in [-0.2, -0.15) is 5.26 Å². The molecule has 0 bridgehead atoms. The van der Waals surface area contributed by atoms with Crippen LogP contribution in [-0.4, -0.2) is 84.8 Å². The molecule has 2 aliphatic heterocycles. The Morgan fingerprint density at radius 1 is 1.07 bits per heavy atom. The van der Waals surface area contributed by atoms with E-state index in [1.54, 1.807) is 20.8 Å². The second-order valence-electron chi connectivity index (χ2n) is 12.3. The minimum Gasteiger partial charge on any atom is -0.458 e. The molecule has 0 spiro atoms. The third-order valence-electron chi connectivity index (χ3n) is 7.68. The molecule has 2 fully saturated rings. The number of ether oxygens (including phenoxy) is 2. The van der Waals surface area contributed by atoms with Gasteiger partial charge in [0.1, 0.15) is 17.2 Å². The van der Waals surface area contributed by atoms with Gasteiger partial charge < -0.3 is 25.4 Å². The predicted molar refractivity (Wildman–Crippen MR) is 158 cm³/mol. The Morgan fingerprint density at radius 3 is 2.22 bits per heavy atom. The van der Waals surface area contributed by atoms with Crippen molar-refractivity contribution >= 4 is 11.9 Å². The quantitative estimate of drug-likeness (QED) is 0.472. The van der Waals surface area contributed by atoms with Gasteiger partial charge in [0.15, 0.2) is 6.10 Å². The highest BCUT2D eigenvalue weighted by Crippen LogP contribution is 2.26. The number of esters is 1. The van der Waals surface area contributed by atoms with Gasteiger partial charge in [-0.1, -0.05) is 48.5 Å². The molecule has 0 radical (unpaired) electrons. The van der Waals surface area contributed by atoms with E-state index in [-0.39, 0.29) is 19.4 Å². The molecule has 4 rings (SSSR count). The highest BCUT2D eigenvalue weighted by molar-refractivity contribution is 5.88. The predicted octanol–water partition coefficient (Wildman–Crippen LogP) is 2.87. The fourth-order valence-corrected chi connectivity index (χ4v) is 5.17. The van der Waals surface area contributed by atoms with Crippen molar-refractivity contribution < 1.29 is 19.1 Å². The zero-order valence-corrected chi connectivity index (χ0v) is 24.7. The van der Waals surface area contributed by atoms with Crippen molar-refractivity contribution in [3.05, 3.63) is 59.7 Å². The molecule has 0 saturated carbocycles. The summed E-state index contributed by atoms with van der Waals surface area (Å²) in [6, 6.07) is 18.1. The molecule has 9 heteroatoms. The Kier molecular flexibility index (Phi) is 9.82. The summed E-state index contributed by atoms with van der Waals surface area (Å²) in [5.74, 6) is -1.00. The van der Waals surface area contributed by atoms with E-state index in [1.807, 2.05) is 24.3 Å². The van der Waals surface area contributed by atoms with Crippen LogP contribution in [0.3, 0.4) is 0 Å². The highest BCUT2D eigenvalue weighted by Gasteiger charge is 2.44. The van der Waals surface area contributed by atoms with E-state index in [0.29, 0.717) is 6.42 Å². The van der Waals surface area contributed by atoms with Crippen LogP contribution in [0.15, 0.2) is 48.5 Å². The second-order valence-corrected chi connectivity index (χ2v) is 12.3. The SMILES string of the molecule is CN1CCN(Cc2ccc(-c3ccc(CC(C#N)NC(=O)C4(N)CCO[C@H](C(=O)OC(C)(C)C)C4)cc3)cc2)CC1. The first-order chi connectivity index (χ1) is 19.4. The van der Waals surface area contributed by atoms with E-state index >= 15 is 0 Å². The number of hydrogen-bond acceptors (Lipinski definition) is 8. The molecule has 3 atom stereocenters. The molecule has 2 unspecified atom stereocenters. The van der Waals surface area contributed by atoms with Gasteiger partial charge in [-0.15, -0.1) is 0 Å². The van der Waals surface area contributed by atoms with Crippen molar-refractivity contribution in [1.29, 1.82) is 5.26 Å². The Labute approximate surface area is 243 Å². The Morgan fingerprint density at radius 2 is 1.66 bits per heavy atom. The monoisotopic (exact) mass is 561 g/mol. The molecule has 9 nitrogen and oxygen atoms in total. The van der Waals surface area contributed by atoms with Crippen LogP contribution < -0.4 is 11.1 Å². The molecule has 0 aliphatic carbocycles. The average molecular weight is 562 g/mol. The summed E-state index contributed by atoms with van der Waals surface area (Å²) < 4.78 is 11.0. The van der Waals surface area contributed by atoms with Crippen LogP contribution in [0.25, 0.3) is 11.1 Å². The van der Waals surface area contributed by atoms with Gasteiger partial charge in [-0.05, 0) is 56.5 Å². The van der Waals surface area contributed by atoms with E-state index in [0.717, 1.165) is 49.4 Å². The van der Waals surface area contributed by atoms with E-state index in [1.165, 1.54) is 5.56 Å². The largest absolute Gasteiger partial charge is 0.458 e. The zero-order valence-electron chi connectivity index (χ0n) is 24.7. The lowest BCUT2D eigenvalue weighted by Crippen LogP contribution is -2.61. The average Bonchev–Trinajstić information content (AvgIpc) is 2.94. The van der Waals surface area contributed by atoms with Crippen LogP contribution in [0.1, 0.15) is 44.7 Å². The van der Waals surface area contributed by atoms with Gasteiger partial charge >= 0.3 is 5.97 Å². The van der Waals surface area contributed by atoms with Crippen molar-refractivity contribution in [3.63, 3.8) is 0 Å². The lowest BCUT2D eigenvalue weighted by Gasteiger charge is -2.37. The summed E-state index contributed by atoms with van der Waals surface area (Å²) in [4.78, 5) is 30.5. The van der Waals surface area contributed by atoms with E-state index < -0.39 is 35.2 Å². The molecule has 3 N–H and O–H groups in total. The minimum absolute atomic E-state index is 0.00520. The third-order valence-corrected chi connectivity index (χ3v) is 7.68. The first kappa shape index (κ1) is 30.7. The van der Waals surface area contributed by atoms with Crippen molar-refractivity contribution in [2.45, 2.75) is 69.9 Å². The summed E-state index contributed by atoms with van der Waals surface area (Å²) in [6.07, 6.45) is -0.338. The normalized spacial score (nSPS) is 22.9. The molecule has 0 aromatic heterocycles. The van der Waals surface area contributed by atoms with Gasteiger partial charge in [0.2, 0.25) is 5.91 Å². The van der Waals surface area contributed by atoms with Crippen molar-refractivity contribution in [1.82, 2.24) is 15.1 Å². The molecule has 2 saturated heterocycles. The number of amides is 1.